The standard InChI is InChI=1S/C14H23FN2O2/c1-3-5-6-18-7-8-19-14-12(10-16-4-2)9-13(15)11-17-14/h9,11,16H,3-8,10H2,1-2H3. The molecule has 19 heavy (non-hydrogen) atoms. The molecule has 0 saturated heterocycles. The Morgan fingerprint density at radius 1 is 1.26 bits per heavy atom. The summed E-state index contributed by atoms with van der Waals surface area (Å²) in [5.41, 5.74) is 0.732. The zero-order chi connectivity index (χ0) is 13.9. The lowest BCUT2D eigenvalue weighted by Gasteiger charge is -2.11. The molecule has 1 rings (SSSR count). The molecule has 1 N–H and O–H groups in total. The van der Waals surface area contributed by atoms with Gasteiger partial charge in [0.15, 0.2) is 0 Å². The minimum Gasteiger partial charge on any atom is -0.475 e. The van der Waals surface area contributed by atoms with Crippen molar-refractivity contribution in [2.45, 2.75) is 33.2 Å². The Morgan fingerprint density at radius 3 is 2.84 bits per heavy atom. The van der Waals surface area contributed by atoms with Gasteiger partial charge < -0.3 is 14.8 Å². The van der Waals surface area contributed by atoms with E-state index < -0.39 is 0 Å². The third-order valence-corrected chi connectivity index (χ3v) is 2.57. The highest BCUT2D eigenvalue weighted by molar-refractivity contribution is 5.26. The third kappa shape index (κ3) is 6.50. The van der Waals surface area contributed by atoms with Crippen molar-refractivity contribution >= 4 is 0 Å². The summed E-state index contributed by atoms with van der Waals surface area (Å²) in [6, 6.07) is 1.45. The van der Waals surface area contributed by atoms with Crippen LogP contribution in [0.3, 0.4) is 0 Å². The number of halogens is 1. The summed E-state index contributed by atoms with van der Waals surface area (Å²) < 4.78 is 24.1. The van der Waals surface area contributed by atoms with Crippen molar-refractivity contribution in [1.82, 2.24) is 10.3 Å². The van der Waals surface area contributed by atoms with E-state index >= 15 is 0 Å². The van der Waals surface area contributed by atoms with Crippen LogP contribution in [0.15, 0.2) is 12.3 Å². The van der Waals surface area contributed by atoms with Gasteiger partial charge in [-0.25, -0.2) is 9.37 Å². The van der Waals surface area contributed by atoms with E-state index in [1.165, 1.54) is 12.3 Å². The number of rotatable bonds is 10. The topological polar surface area (TPSA) is 43.4 Å². The number of hydrogen-bond acceptors (Lipinski definition) is 4. The molecule has 0 aliphatic rings. The van der Waals surface area contributed by atoms with Crippen molar-refractivity contribution in [3.63, 3.8) is 0 Å². The van der Waals surface area contributed by atoms with Crippen molar-refractivity contribution in [1.29, 1.82) is 0 Å². The lowest BCUT2D eigenvalue weighted by Crippen LogP contribution is -2.15. The van der Waals surface area contributed by atoms with Gasteiger partial charge in [0.2, 0.25) is 5.88 Å². The van der Waals surface area contributed by atoms with Crippen LogP contribution < -0.4 is 10.1 Å². The minimum atomic E-state index is -0.348. The van der Waals surface area contributed by atoms with Gasteiger partial charge in [0.05, 0.1) is 12.8 Å². The molecule has 4 nitrogen and oxygen atoms in total. The molecule has 0 atom stereocenters. The Balaban J connectivity index is 2.38. The molecule has 0 unspecified atom stereocenters. The highest BCUT2D eigenvalue weighted by atomic mass is 19.1. The molecule has 5 heteroatoms. The van der Waals surface area contributed by atoms with Gasteiger partial charge in [-0.3, -0.25) is 0 Å². The van der Waals surface area contributed by atoms with Gasteiger partial charge in [0.1, 0.15) is 12.4 Å². The molecular weight excluding hydrogens is 247 g/mol. The molecule has 0 spiro atoms. The van der Waals surface area contributed by atoms with Crippen LogP contribution in [-0.4, -0.2) is 31.3 Å². The van der Waals surface area contributed by atoms with Crippen LogP contribution in [0.4, 0.5) is 4.39 Å². The van der Waals surface area contributed by atoms with E-state index in [-0.39, 0.29) is 5.82 Å². The summed E-state index contributed by atoms with van der Waals surface area (Å²) >= 11 is 0. The largest absolute Gasteiger partial charge is 0.475 e. The zero-order valence-electron chi connectivity index (χ0n) is 11.7. The molecule has 1 heterocycles. The van der Waals surface area contributed by atoms with Gasteiger partial charge in [-0.2, -0.15) is 0 Å². The Kier molecular flexibility index (Phi) is 8.09. The molecule has 0 fully saturated rings. The van der Waals surface area contributed by atoms with Crippen molar-refractivity contribution in [3.8, 4) is 5.88 Å². The normalized spacial score (nSPS) is 10.7. The Bertz CT molecular complexity index is 361. The van der Waals surface area contributed by atoms with Crippen LogP contribution in [0.2, 0.25) is 0 Å². The summed E-state index contributed by atoms with van der Waals surface area (Å²) in [7, 11) is 0. The minimum absolute atomic E-state index is 0.348. The molecule has 0 amide bonds. The first-order valence-electron chi connectivity index (χ1n) is 6.83. The summed E-state index contributed by atoms with van der Waals surface area (Å²) in [5.74, 6) is 0.126. The Labute approximate surface area is 114 Å². The second-order valence-electron chi connectivity index (χ2n) is 4.21. The molecular formula is C14H23FN2O2. The molecule has 0 aliphatic carbocycles. The molecule has 1 aromatic heterocycles. The van der Waals surface area contributed by atoms with E-state index in [4.69, 9.17) is 9.47 Å². The van der Waals surface area contributed by atoms with Crippen molar-refractivity contribution in [2.75, 3.05) is 26.4 Å². The van der Waals surface area contributed by atoms with Crippen LogP contribution >= 0.6 is 0 Å². The summed E-state index contributed by atoms with van der Waals surface area (Å²) in [6.07, 6.45) is 3.34. The van der Waals surface area contributed by atoms with E-state index in [2.05, 4.69) is 17.2 Å². The number of hydrogen-bond donors (Lipinski definition) is 1. The molecule has 0 bridgehead atoms. The van der Waals surface area contributed by atoms with Crippen molar-refractivity contribution in [2.24, 2.45) is 0 Å². The SMILES string of the molecule is CCCCOCCOc1ncc(F)cc1CNCC. The van der Waals surface area contributed by atoms with E-state index in [0.717, 1.165) is 31.6 Å². The first-order valence-corrected chi connectivity index (χ1v) is 6.83. The molecule has 1 aromatic rings. The second-order valence-corrected chi connectivity index (χ2v) is 4.21. The fourth-order valence-electron chi connectivity index (χ4n) is 1.53. The first kappa shape index (κ1) is 15.9. The summed E-state index contributed by atoms with van der Waals surface area (Å²) in [6.45, 7) is 7.19. The lowest BCUT2D eigenvalue weighted by atomic mass is 10.2. The van der Waals surface area contributed by atoms with E-state index in [9.17, 15) is 4.39 Å². The monoisotopic (exact) mass is 270 g/mol. The maximum atomic E-state index is 13.1. The quantitative estimate of drug-likeness (QED) is 0.663. The molecule has 0 aliphatic heterocycles. The van der Waals surface area contributed by atoms with Gasteiger partial charge in [0.25, 0.3) is 0 Å². The van der Waals surface area contributed by atoms with Gasteiger partial charge >= 0.3 is 0 Å². The van der Waals surface area contributed by atoms with Crippen molar-refractivity contribution < 1.29 is 13.9 Å². The highest BCUT2D eigenvalue weighted by Gasteiger charge is 2.06. The average molecular weight is 270 g/mol. The number of ether oxygens (including phenoxy) is 2. The van der Waals surface area contributed by atoms with E-state index in [1.807, 2.05) is 6.92 Å². The Hall–Kier alpha value is -1.20. The first-order chi connectivity index (χ1) is 9.27. The molecule has 0 saturated carbocycles. The maximum absolute atomic E-state index is 13.1. The molecule has 108 valence electrons. The lowest BCUT2D eigenvalue weighted by molar-refractivity contribution is 0.0960. The predicted molar refractivity (Wildman–Crippen MR) is 72.8 cm³/mol. The Morgan fingerprint density at radius 2 is 2.11 bits per heavy atom. The van der Waals surface area contributed by atoms with Crippen molar-refractivity contribution in [3.05, 3.63) is 23.6 Å². The maximum Gasteiger partial charge on any atom is 0.218 e. The van der Waals surface area contributed by atoms with E-state index in [0.29, 0.717) is 25.6 Å². The van der Waals surface area contributed by atoms with Gasteiger partial charge in [-0.1, -0.05) is 20.3 Å². The van der Waals surface area contributed by atoms with Crippen LogP contribution in [0.1, 0.15) is 32.3 Å². The second kappa shape index (κ2) is 9.69. The number of nitrogens with zero attached hydrogens (tertiary/aromatic N) is 1. The third-order valence-electron chi connectivity index (χ3n) is 2.57. The fraction of sp³-hybridized carbons (Fsp3) is 0.643. The molecule has 0 radical (unpaired) electrons. The number of unbranched alkanes of at least 4 members (excludes halogenated alkanes) is 1. The zero-order valence-corrected chi connectivity index (χ0v) is 11.7. The number of pyridine rings is 1. The van der Waals surface area contributed by atoms with Crippen LogP contribution in [0, 0.1) is 5.82 Å². The fourth-order valence-corrected chi connectivity index (χ4v) is 1.53. The van der Waals surface area contributed by atoms with Gasteiger partial charge in [-0.15, -0.1) is 0 Å². The van der Waals surface area contributed by atoms with Gasteiger partial charge in [0, 0.05) is 18.7 Å². The number of aromatic nitrogens is 1. The predicted octanol–water partition coefficient (Wildman–Crippen LogP) is 2.53. The van der Waals surface area contributed by atoms with Gasteiger partial charge in [-0.05, 0) is 19.0 Å². The average Bonchev–Trinajstić information content (AvgIpc) is 2.42. The smallest absolute Gasteiger partial charge is 0.218 e. The molecule has 0 aromatic carbocycles. The van der Waals surface area contributed by atoms with Crippen LogP contribution in [0.5, 0.6) is 5.88 Å². The number of nitrogens with one attached hydrogen (secondary N) is 1. The summed E-state index contributed by atoms with van der Waals surface area (Å²) in [5, 5.41) is 3.13. The van der Waals surface area contributed by atoms with Crippen LogP contribution in [0.25, 0.3) is 0 Å². The summed E-state index contributed by atoms with van der Waals surface area (Å²) in [4.78, 5) is 3.97. The highest BCUT2D eigenvalue weighted by Crippen LogP contribution is 2.15. The van der Waals surface area contributed by atoms with Crippen LogP contribution in [-0.2, 0) is 11.3 Å². The van der Waals surface area contributed by atoms with E-state index in [1.54, 1.807) is 0 Å².